The minimum Gasteiger partial charge on any atom is -0.383 e. The van der Waals surface area contributed by atoms with Crippen LogP contribution in [-0.4, -0.2) is 16.1 Å². The van der Waals surface area contributed by atoms with Crippen molar-refractivity contribution in [3.05, 3.63) is 11.8 Å². The van der Waals surface area contributed by atoms with E-state index in [4.69, 9.17) is 5.73 Å². The Labute approximate surface area is 102 Å². The number of aldehydes is 1. The molecule has 4 heteroatoms. The standard InChI is InChI=1S/C13H21N3O/c1-9(2)10-3-5-12(6-4-10)16-13(14)11(8-17)7-15-16/h7-10,12H,3-6,14H2,1-2H3. The molecule has 0 atom stereocenters. The molecule has 1 aliphatic rings. The second-order valence-electron chi connectivity index (χ2n) is 5.36. The number of carbonyl (C=O) groups is 1. The molecule has 0 spiro atoms. The monoisotopic (exact) mass is 235 g/mol. The lowest BCUT2D eigenvalue weighted by atomic mass is 9.80. The number of rotatable bonds is 3. The molecule has 1 fully saturated rings. The highest BCUT2D eigenvalue weighted by Crippen LogP contribution is 2.36. The number of aromatic nitrogens is 2. The van der Waals surface area contributed by atoms with Crippen molar-refractivity contribution >= 4 is 12.1 Å². The molecule has 1 saturated carbocycles. The van der Waals surface area contributed by atoms with E-state index in [1.54, 1.807) is 6.20 Å². The van der Waals surface area contributed by atoms with Gasteiger partial charge in [0.25, 0.3) is 0 Å². The normalized spacial score (nSPS) is 25.1. The smallest absolute Gasteiger partial charge is 0.155 e. The fraction of sp³-hybridized carbons (Fsp3) is 0.692. The maximum absolute atomic E-state index is 10.7. The van der Waals surface area contributed by atoms with Gasteiger partial charge in [-0.1, -0.05) is 13.8 Å². The fourth-order valence-electron chi connectivity index (χ4n) is 2.78. The van der Waals surface area contributed by atoms with Gasteiger partial charge in [0.2, 0.25) is 0 Å². The Hall–Kier alpha value is -1.32. The van der Waals surface area contributed by atoms with E-state index >= 15 is 0 Å². The van der Waals surface area contributed by atoms with E-state index in [1.165, 1.54) is 12.8 Å². The number of hydrogen-bond acceptors (Lipinski definition) is 3. The largest absolute Gasteiger partial charge is 0.383 e. The predicted molar refractivity (Wildman–Crippen MR) is 67.9 cm³/mol. The first-order chi connectivity index (χ1) is 8.13. The van der Waals surface area contributed by atoms with Crippen LogP contribution in [-0.2, 0) is 0 Å². The molecule has 0 saturated heterocycles. The van der Waals surface area contributed by atoms with E-state index in [9.17, 15) is 4.79 Å². The first kappa shape index (κ1) is 12.1. The predicted octanol–water partition coefficient (Wildman–Crippen LogP) is 2.67. The minimum absolute atomic E-state index is 0.374. The van der Waals surface area contributed by atoms with E-state index in [2.05, 4.69) is 18.9 Å². The van der Waals surface area contributed by atoms with E-state index < -0.39 is 0 Å². The van der Waals surface area contributed by atoms with Gasteiger partial charge in [0.05, 0.1) is 17.8 Å². The van der Waals surface area contributed by atoms with E-state index in [-0.39, 0.29) is 0 Å². The van der Waals surface area contributed by atoms with Crippen molar-refractivity contribution in [2.24, 2.45) is 11.8 Å². The second-order valence-corrected chi connectivity index (χ2v) is 5.36. The SMILES string of the molecule is CC(C)C1CCC(n2ncc(C=O)c2N)CC1. The molecule has 4 nitrogen and oxygen atoms in total. The Morgan fingerprint density at radius 3 is 2.53 bits per heavy atom. The molecular weight excluding hydrogens is 214 g/mol. The Bertz CT molecular complexity index is 389. The van der Waals surface area contributed by atoms with Crippen molar-refractivity contribution in [1.82, 2.24) is 9.78 Å². The van der Waals surface area contributed by atoms with Crippen LogP contribution in [0.3, 0.4) is 0 Å². The van der Waals surface area contributed by atoms with Crippen LogP contribution in [0.1, 0.15) is 55.9 Å². The Morgan fingerprint density at radius 1 is 1.41 bits per heavy atom. The van der Waals surface area contributed by atoms with Gasteiger partial charge >= 0.3 is 0 Å². The lowest BCUT2D eigenvalue weighted by Crippen LogP contribution is -2.22. The fourth-order valence-corrected chi connectivity index (χ4v) is 2.78. The summed E-state index contributed by atoms with van der Waals surface area (Å²) in [6.45, 7) is 4.58. The molecule has 1 aromatic rings. The molecular formula is C13H21N3O. The minimum atomic E-state index is 0.374. The Morgan fingerprint density at radius 2 is 2.06 bits per heavy atom. The van der Waals surface area contributed by atoms with Crippen LogP contribution in [0.15, 0.2) is 6.20 Å². The summed E-state index contributed by atoms with van der Waals surface area (Å²) in [5.41, 5.74) is 6.42. The number of anilines is 1. The molecule has 0 aliphatic heterocycles. The maximum Gasteiger partial charge on any atom is 0.155 e. The number of carbonyl (C=O) groups excluding carboxylic acids is 1. The van der Waals surface area contributed by atoms with Gasteiger partial charge in [-0.25, -0.2) is 4.68 Å². The average molecular weight is 235 g/mol. The molecule has 0 amide bonds. The number of nitrogen functional groups attached to an aromatic ring is 1. The van der Waals surface area contributed by atoms with Crippen LogP contribution in [0, 0.1) is 11.8 Å². The lowest BCUT2D eigenvalue weighted by molar-refractivity contribution is 0.112. The number of nitrogens with zero attached hydrogens (tertiary/aromatic N) is 2. The summed E-state index contributed by atoms with van der Waals surface area (Å²) in [6.07, 6.45) is 7.05. The number of nitrogens with two attached hydrogens (primary N) is 1. The zero-order valence-corrected chi connectivity index (χ0v) is 10.6. The van der Waals surface area contributed by atoms with Crippen LogP contribution in [0.5, 0.6) is 0 Å². The molecule has 1 aromatic heterocycles. The summed E-state index contributed by atoms with van der Waals surface area (Å²) >= 11 is 0. The van der Waals surface area contributed by atoms with Gasteiger partial charge in [-0.15, -0.1) is 0 Å². The molecule has 17 heavy (non-hydrogen) atoms. The number of hydrogen-bond donors (Lipinski definition) is 1. The molecule has 0 radical (unpaired) electrons. The van der Waals surface area contributed by atoms with Crippen molar-refractivity contribution in [1.29, 1.82) is 0 Å². The molecule has 0 bridgehead atoms. The molecule has 2 N–H and O–H groups in total. The summed E-state index contributed by atoms with van der Waals surface area (Å²) in [4.78, 5) is 10.7. The topological polar surface area (TPSA) is 60.9 Å². The van der Waals surface area contributed by atoms with Crippen LogP contribution in [0.4, 0.5) is 5.82 Å². The highest BCUT2D eigenvalue weighted by atomic mass is 16.1. The van der Waals surface area contributed by atoms with E-state index in [1.807, 2.05) is 4.68 Å². The van der Waals surface area contributed by atoms with Gasteiger partial charge < -0.3 is 5.73 Å². The van der Waals surface area contributed by atoms with Gasteiger partial charge in [0.1, 0.15) is 5.82 Å². The zero-order chi connectivity index (χ0) is 12.4. The highest BCUT2D eigenvalue weighted by Gasteiger charge is 2.26. The summed E-state index contributed by atoms with van der Waals surface area (Å²) in [5.74, 6) is 2.11. The lowest BCUT2D eigenvalue weighted by Gasteiger charge is -2.31. The van der Waals surface area contributed by atoms with Gasteiger partial charge in [-0.3, -0.25) is 4.79 Å². The van der Waals surface area contributed by atoms with Gasteiger partial charge in [0.15, 0.2) is 6.29 Å². The van der Waals surface area contributed by atoms with Crippen molar-refractivity contribution in [2.75, 3.05) is 5.73 Å². The molecule has 1 heterocycles. The first-order valence-electron chi connectivity index (χ1n) is 6.41. The van der Waals surface area contributed by atoms with Crippen LogP contribution >= 0.6 is 0 Å². The van der Waals surface area contributed by atoms with Crippen molar-refractivity contribution in [3.63, 3.8) is 0 Å². The maximum atomic E-state index is 10.7. The van der Waals surface area contributed by atoms with Crippen molar-refractivity contribution in [3.8, 4) is 0 Å². The quantitative estimate of drug-likeness (QED) is 0.819. The molecule has 1 aliphatic carbocycles. The van der Waals surface area contributed by atoms with Crippen LogP contribution in [0.25, 0.3) is 0 Å². The molecule has 94 valence electrons. The van der Waals surface area contributed by atoms with Crippen LogP contribution in [0.2, 0.25) is 0 Å². The summed E-state index contributed by atoms with van der Waals surface area (Å²) in [7, 11) is 0. The Balaban J connectivity index is 2.05. The third kappa shape index (κ3) is 2.35. The van der Waals surface area contributed by atoms with Crippen molar-refractivity contribution in [2.45, 2.75) is 45.6 Å². The average Bonchev–Trinajstić information content (AvgIpc) is 2.70. The second kappa shape index (κ2) is 4.90. The zero-order valence-electron chi connectivity index (χ0n) is 10.6. The molecule has 0 unspecified atom stereocenters. The third-order valence-electron chi connectivity index (χ3n) is 4.02. The molecule has 2 rings (SSSR count). The molecule has 0 aromatic carbocycles. The third-order valence-corrected chi connectivity index (χ3v) is 4.02. The summed E-state index contributed by atoms with van der Waals surface area (Å²) in [6, 6.07) is 0.374. The first-order valence-corrected chi connectivity index (χ1v) is 6.41. The van der Waals surface area contributed by atoms with Crippen LogP contribution < -0.4 is 5.73 Å². The van der Waals surface area contributed by atoms with Gasteiger partial charge in [0, 0.05) is 0 Å². The highest BCUT2D eigenvalue weighted by molar-refractivity contribution is 5.81. The van der Waals surface area contributed by atoms with Gasteiger partial charge in [-0.05, 0) is 37.5 Å². The Kier molecular flexibility index (Phi) is 3.50. The summed E-state index contributed by atoms with van der Waals surface area (Å²) < 4.78 is 1.83. The van der Waals surface area contributed by atoms with E-state index in [0.717, 1.165) is 31.0 Å². The summed E-state index contributed by atoms with van der Waals surface area (Å²) in [5, 5.41) is 4.24. The van der Waals surface area contributed by atoms with Gasteiger partial charge in [-0.2, -0.15) is 5.10 Å². The van der Waals surface area contributed by atoms with E-state index in [0.29, 0.717) is 17.4 Å². The van der Waals surface area contributed by atoms with Crippen molar-refractivity contribution < 1.29 is 4.79 Å².